The molecule has 0 unspecified atom stereocenters. The molecule has 0 aliphatic rings. The number of nitrogens with two attached hydrogens (primary N) is 1. The topological polar surface area (TPSA) is 51.2 Å². The van der Waals surface area contributed by atoms with E-state index in [9.17, 15) is 5.11 Å². The first-order chi connectivity index (χ1) is 7.68. The zero-order valence-corrected chi connectivity index (χ0v) is 8.94. The molecule has 0 atom stereocenters. The molecule has 0 spiro atoms. The molecule has 0 aliphatic carbocycles. The van der Waals surface area contributed by atoms with E-state index in [1.807, 2.05) is 31.3 Å². The monoisotopic (exact) mass is 212 g/mol. The van der Waals surface area contributed by atoms with Crippen LogP contribution in [-0.4, -0.2) is 9.67 Å². The standard InChI is InChI=1S/C13H12N2O/c1-15-11-5-3-2-4-8(11)9-6-13(16)10(14)7-12(9)15/h2-7,16H,14H2,1H3. The fraction of sp³-hybridized carbons (Fsp3) is 0.0769. The number of anilines is 1. The third kappa shape index (κ3) is 1.03. The molecule has 80 valence electrons. The highest BCUT2D eigenvalue weighted by atomic mass is 16.3. The summed E-state index contributed by atoms with van der Waals surface area (Å²) in [7, 11) is 2.00. The Morgan fingerprint density at radius 2 is 1.81 bits per heavy atom. The van der Waals surface area contributed by atoms with Crippen molar-refractivity contribution in [2.24, 2.45) is 7.05 Å². The Morgan fingerprint density at radius 1 is 1.06 bits per heavy atom. The Labute approximate surface area is 92.7 Å². The summed E-state index contributed by atoms with van der Waals surface area (Å²) in [5, 5.41) is 11.8. The number of fused-ring (bicyclic) bond motifs is 3. The van der Waals surface area contributed by atoms with Crippen LogP contribution in [0.5, 0.6) is 5.75 Å². The average Bonchev–Trinajstić information content (AvgIpc) is 2.55. The lowest BCUT2D eigenvalue weighted by molar-refractivity contribution is 0.479. The highest BCUT2D eigenvalue weighted by Crippen LogP contribution is 2.33. The maximum Gasteiger partial charge on any atom is 0.139 e. The summed E-state index contributed by atoms with van der Waals surface area (Å²) in [4.78, 5) is 0. The van der Waals surface area contributed by atoms with Gasteiger partial charge in [0.2, 0.25) is 0 Å². The summed E-state index contributed by atoms with van der Waals surface area (Å²) in [5.74, 6) is 0.142. The van der Waals surface area contributed by atoms with Gasteiger partial charge in [0, 0.05) is 23.3 Å². The van der Waals surface area contributed by atoms with Crippen LogP contribution in [0.3, 0.4) is 0 Å². The van der Waals surface area contributed by atoms with Crippen LogP contribution in [0.2, 0.25) is 0 Å². The van der Waals surface area contributed by atoms with Crippen LogP contribution in [0.4, 0.5) is 5.69 Å². The van der Waals surface area contributed by atoms with Gasteiger partial charge in [-0.3, -0.25) is 0 Å². The molecule has 3 rings (SSSR count). The van der Waals surface area contributed by atoms with E-state index in [1.165, 1.54) is 0 Å². The van der Waals surface area contributed by atoms with Gasteiger partial charge in [0.1, 0.15) is 5.75 Å². The van der Waals surface area contributed by atoms with Gasteiger partial charge in [0.05, 0.1) is 11.2 Å². The molecule has 0 saturated carbocycles. The molecule has 3 N–H and O–H groups in total. The van der Waals surface area contributed by atoms with Crippen molar-refractivity contribution >= 4 is 27.5 Å². The molecular weight excluding hydrogens is 200 g/mol. The molecule has 16 heavy (non-hydrogen) atoms. The zero-order chi connectivity index (χ0) is 11.3. The van der Waals surface area contributed by atoms with Gasteiger partial charge >= 0.3 is 0 Å². The number of rotatable bonds is 0. The molecule has 0 radical (unpaired) electrons. The first-order valence-electron chi connectivity index (χ1n) is 5.14. The zero-order valence-electron chi connectivity index (χ0n) is 8.94. The Balaban J connectivity index is 2.62. The van der Waals surface area contributed by atoms with Gasteiger partial charge < -0.3 is 15.4 Å². The molecule has 2 aromatic carbocycles. The first kappa shape index (κ1) is 9.09. The summed E-state index contributed by atoms with van der Waals surface area (Å²) < 4.78 is 2.08. The number of nitrogens with zero attached hydrogens (tertiary/aromatic N) is 1. The van der Waals surface area contributed by atoms with Crippen LogP contribution in [-0.2, 0) is 7.05 Å². The van der Waals surface area contributed by atoms with Crippen LogP contribution in [0.25, 0.3) is 21.8 Å². The molecule has 0 amide bonds. The lowest BCUT2D eigenvalue weighted by atomic mass is 10.1. The Morgan fingerprint density at radius 3 is 2.62 bits per heavy atom. The van der Waals surface area contributed by atoms with Gasteiger partial charge in [0.15, 0.2) is 0 Å². The van der Waals surface area contributed by atoms with Crippen LogP contribution >= 0.6 is 0 Å². The van der Waals surface area contributed by atoms with Crippen molar-refractivity contribution in [1.82, 2.24) is 4.57 Å². The summed E-state index contributed by atoms with van der Waals surface area (Å²) in [6.45, 7) is 0. The van der Waals surface area contributed by atoms with Gasteiger partial charge in [-0.2, -0.15) is 0 Å². The average molecular weight is 212 g/mol. The third-order valence-corrected chi connectivity index (χ3v) is 3.06. The number of aromatic nitrogens is 1. The highest BCUT2D eigenvalue weighted by molar-refractivity contribution is 6.09. The smallest absolute Gasteiger partial charge is 0.139 e. The fourth-order valence-electron chi connectivity index (χ4n) is 2.21. The molecule has 3 aromatic rings. The number of aryl methyl sites for hydroxylation is 1. The predicted molar refractivity (Wildman–Crippen MR) is 66.5 cm³/mol. The van der Waals surface area contributed by atoms with E-state index in [4.69, 9.17) is 5.73 Å². The van der Waals surface area contributed by atoms with Crippen LogP contribution in [0.15, 0.2) is 36.4 Å². The Bertz CT molecular complexity index is 698. The lowest BCUT2D eigenvalue weighted by Gasteiger charge is -2.00. The maximum absolute atomic E-state index is 9.65. The van der Waals surface area contributed by atoms with Crippen molar-refractivity contribution in [3.63, 3.8) is 0 Å². The van der Waals surface area contributed by atoms with E-state index in [1.54, 1.807) is 6.07 Å². The van der Waals surface area contributed by atoms with Crippen molar-refractivity contribution < 1.29 is 5.11 Å². The normalized spacial score (nSPS) is 11.3. The molecule has 0 fully saturated rings. The summed E-state index contributed by atoms with van der Waals surface area (Å²) in [6, 6.07) is 11.6. The largest absolute Gasteiger partial charge is 0.506 e. The first-order valence-corrected chi connectivity index (χ1v) is 5.14. The quantitative estimate of drug-likeness (QED) is 0.444. The highest BCUT2D eigenvalue weighted by Gasteiger charge is 2.09. The van der Waals surface area contributed by atoms with Crippen LogP contribution < -0.4 is 5.73 Å². The lowest BCUT2D eigenvalue weighted by Crippen LogP contribution is -1.89. The minimum Gasteiger partial charge on any atom is -0.506 e. The summed E-state index contributed by atoms with van der Waals surface area (Å²) in [6.07, 6.45) is 0. The SMILES string of the molecule is Cn1c2ccccc2c2cc(O)c(N)cc21. The molecule has 3 nitrogen and oxygen atoms in total. The van der Waals surface area contributed by atoms with E-state index < -0.39 is 0 Å². The second kappa shape index (κ2) is 2.92. The van der Waals surface area contributed by atoms with Gasteiger partial charge in [-0.1, -0.05) is 18.2 Å². The number of phenols is 1. The fourth-order valence-corrected chi connectivity index (χ4v) is 2.21. The second-order valence-electron chi connectivity index (χ2n) is 4.00. The number of nitrogen functional groups attached to an aromatic ring is 1. The minimum atomic E-state index is 0.142. The van der Waals surface area contributed by atoms with Crippen molar-refractivity contribution in [2.45, 2.75) is 0 Å². The van der Waals surface area contributed by atoms with Crippen LogP contribution in [0.1, 0.15) is 0 Å². The molecule has 0 saturated heterocycles. The molecular formula is C13H12N2O. The number of phenolic OH excluding ortho intramolecular Hbond substituents is 1. The summed E-state index contributed by atoms with van der Waals surface area (Å²) >= 11 is 0. The molecule has 0 bridgehead atoms. The van der Waals surface area contributed by atoms with Crippen molar-refractivity contribution in [3.05, 3.63) is 36.4 Å². The molecule has 3 heteroatoms. The van der Waals surface area contributed by atoms with Gasteiger partial charge in [-0.05, 0) is 18.2 Å². The van der Waals surface area contributed by atoms with E-state index >= 15 is 0 Å². The summed E-state index contributed by atoms with van der Waals surface area (Å²) in [5.41, 5.74) is 8.31. The van der Waals surface area contributed by atoms with E-state index in [0.717, 1.165) is 21.8 Å². The van der Waals surface area contributed by atoms with Gasteiger partial charge in [-0.15, -0.1) is 0 Å². The third-order valence-electron chi connectivity index (χ3n) is 3.06. The maximum atomic E-state index is 9.65. The second-order valence-corrected chi connectivity index (χ2v) is 4.00. The van der Waals surface area contributed by atoms with E-state index in [0.29, 0.717) is 5.69 Å². The van der Waals surface area contributed by atoms with E-state index in [2.05, 4.69) is 10.6 Å². The predicted octanol–water partition coefficient (Wildman–Crippen LogP) is 2.62. The number of para-hydroxylation sites is 1. The van der Waals surface area contributed by atoms with Crippen molar-refractivity contribution in [1.29, 1.82) is 0 Å². The van der Waals surface area contributed by atoms with Gasteiger partial charge in [-0.25, -0.2) is 0 Å². The number of hydrogen-bond acceptors (Lipinski definition) is 2. The number of benzene rings is 2. The van der Waals surface area contributed by atoms with Crippen molar-refractivity contribution in [3.8, 4) is 5.75 Å². The molecule has 1 aromatic heterocycles. The van der Waals surface area contributed by atoms with Crippen molar-refractivity contribution in [2.75, 3.05) is 5.73 Å². The minimum absolute atomic E-state index is 0.142. The molecule has 1 heterocycles. The number of aromatic hydroxyl groups is 1. The molecule has 0 aliphatic heterocycles. The van der Waals surface area contributed by atoms with Crippen LogP contribution in [0, 0.1) is 0 Å². The Hall–Kier alpha value is -2.16. The Kier molecular flexibility index (Phi) is 1.66. The van der Waals surface area contributed by atoms with E-state index in [-0.39, 0.29) is 5.75 Å². The van der Waals surface area contributed by atoms with Gasteiger partial charge in [0.25, 0.3) is 0 Å². The number of hydrogen-bond donors (Lipinski definition) is 2.